The minimum absolute atomic E-state index is 0.149. The molecular formula is C22H23F3N2O3. The fraction of sp³-hybridized carbons (Fsp3) is 0.364. The molecule has 3 rings (SSSR count). The summed E-state index contributed by atoms with van der Waals surface area (Å²) in [4.78, 5) is 26.1. The number of rotatable bonds is 6. The van der Waals surface area contributed by atoms with Crippen LogP contribution in [0.4, 0.5) is 23.7 Å². The van der Waals surface area contributed by atoms with E-state index in [-0.39, 0.29) is 12.5 Å². The van der Waals surface area contributed by atoms with Crippen LogP contribution in [0.3, 0.4) is 0 Å². The molecule has 160 valence electrons. The van der Waals surface area contributed by atoms with E-state index in [0.717, 1.165) is 12.1 Å². The van der Waals surface area contributed by atoms with E-state index >= 15 is 0 Å². The van der Waals surface area contributed by atoms with Gasteiger partial charge in [0, 0.05) is 11.3 Å². The number of benzene rings is 2. The van der Waals surface area contributed by atoms with Crippen molar-refractivity contribution in [1.82, 2.24) is 5.32 Å². The minimum atomic E-state index is -4.46. The first-order valence-electron chi connectivity index (χ1n) is 9.67. The molecule has 1 aliphatic heterocycles. The lowest BCUT2D eigenvalue weighted by Crippen LogP contribution is -2.30. The van der Waals surface area contributed by atoms with Crippen LogP contribution in [0.1, 0.15) is 47.8 Å². The van der Waals surface area contributed by atoms with Crippen LogP contribution in [0.25, 0.3) is 0 Å². The molecule has 1 atom stereocenters. The molecule has 0 aromatic heterocycles. The number of carbonyl (C=O) groups is 2. The second kappa shape index (κ2) is 8.77. The number of halogens is 3. The summed E-state index contributed by atoms with van der Waals surface area (Å²) in [5, 5.41) is 2.85. The maximum atomic E-state index is 13.1. The third-order valence-electron chi connectivity index (χ3n) is 4.81. The third-order valence-corrected chi connectivity index (χ3v) is 4.81. The normalized spacial score (nSPS) is 15.3. The van der Waals surface area contributed by atoms with E-state index in [2.05, 4.69) is 5.32 Å². The van der Waals surface area contributed by atoms with Gasteiger partial charge in [0.15, 0.2) is 0 Å². The van der Waals surface area contributed by atoms with E-state index < -0.39 is 29.8 Å². The Morgan fingerprint density at radius 1 is 1.17 bits per heavy atom. The smallest absolute Gasteiger partial charge is 0.416 e. The summed E-state index contributed by atoms with van der Waals surface area (Å²) >= 11 is 0. The van der Waals surface area contributed by atoms with Crippen molar-refractivity contribution in [3.05, 3.63) is 65.2 Å². The van der Waals surface area contributed by atoms with E-state index in [1.54, 1.807) is 30.3 Å². The molecule has 1 saturated heterocycles. The molecule has 2 aromatic rings. The fourth-order valence-corrected chi connectivity index (χ4v) is 3.37. The van der Waals surface area contributed by atoms with E-state index in [9.17, 15) is 22.8 Å². The lowest BCUT2D eigenvalue weighted by atomic mass is 9.95. The number of carbonyl (C=O) groups excluding carboxylic acids is 2. The van der Waals surface area contributed by atoms with Crippen molar-refractivity contribution in [3.8, 4) is 0 Å². The van der Waals surface area contributed by atoms with Gasteiger partial charge in [0.2, 0.25) is 0 Å². The summed E-state index contributed by atoms with van der Waals surface area (Å²) in [6.45, 7) is 4.55. The molecule has 8 heteroatoms. The van der Waals surface area contributed by atoms with Gasteiger partial charge in [-0.15, -0.1) is 0 Å². The molecule has 1 N–H and O–H groups in total. The largest absolute Gasteiger partial charge is 0.447 e. The maximum Gasteiger partial charge on any atom is 0.416 e. The van der Waals surface area contributed by atoms with Gasteiger partial charge in [-0.3, -0.25) is 9.69 Å². The van der Waals surface area contributed by atoms with E-state index in [1.807, 2.05) is 13.8 Å². The van der Waals surface area contributed by atoms with E-state index in [1.165, 1.54) is 11.0 Å². The molecule has 1 unspecified atom stereocenters. The zero-order chi connectivity index (χ0) is 21.9. The Balaban J connectivity index is 1.84. The summed E-state index contributed by atoms with van der Waals surface area (Å²) in [6, 6.07) is 10.9. The van der Waals surface area contributed by atoms with E-state index in [4.69, 9.17) is 4.74 Å². The molecule has 0 radical (unpaired) electrons. The van der Waals surface area contributed by atoms with Crippen LogP contribution in [0.15, 0.2) is 48.5 Å². The molecule has 5 nitrogen and oxygen atoms in total. The molecule has 0 bridgehead atoms. The van der Waals surface area contributed by atoms with Crippen molar-refractivity contribution < 1.29 is 27.5 Å². The highest BCUT2D eigenvalue weighted by molar-refractivity contribution is 5.97. The Morgan fingerprint density at radius 2 is 1.90 bits per heavy atom. The molecule has 30 heavy (non-hydrogen) atoms. The highest BCUT2D eigenvalue weighted by Gasteiger charge is 2.31. The van der Waals surface area contributed by atoms with Crippen molar-refractivity contribution in [2.24, 2.45) is 5.92 Å². The molecule has 2 aromatic carbocycles. The molecular weight excluding hydrogens is 397 g/mol. The lowest BCUT2D eigenvalue weighted by Gasteiger charge is -2.22. The maximum absolute atomic E-state index is 13.1. The highest BCUT2D eigenvalue weighted by Crippen LogP contribution is 2.32. The predicted molar refractivity (Wildman–Crippen MR) is 106 cm³/mol. The molecule has 1 aliphatic rings. The van der Waals surface area contributed by atoms with Crippen LogP contribution in [0.2, 0.25) is 0 Å². The summed E-state index contributed by atoms with van der Waals surface area (Å²) in [5.41, 5.74) is 0.487. The van der Waals surface area contributed by atoms with Gasteiger partial charge < -0.3 is 10.1 Å². The van der Waals surface area contributed by atoms with Crippen molar-refractivity contribution in [2.75, 3.05) is 18.1 Å². The van der Waals surface area contributed by atoms with Crippen LogP contribution in [-0.2, 0) is 10.9 Å². The number of nitrogens with one attached hydrogen (secondary N) is 1. The van der Waals surface area contributed by atoms with Gasteiger partial charge in [-0.25, -0.2) is 4.79 Å². The fourth-order valence-electron chi connectivity index (χ4n) is 3.37. The lowest BCUT2D eigenvalue weighted by molar-refractivity contribution is -0.137. The van der Waals surface area contributed by atoms with Crippen molar-refractivity contribution in [2.45, 2.75) is 32.5 Å². The standard InChI is InChI=1S/C22H23F3N2O3/c1-14(2)11-19(15-5-3-7-17(12-15)22(23,24)25)26-20(28)16-6-4-8-18(13-16)27-9-10-30-21(27)29/h3-8,12-14,19H,9-11H2,1-2H3,(H,26,28). The zero-order valence-corrected chi connectivity index (χ0v) is 16.7. The number of alkyl halides is 3. The Morgan fingerprint density at radius 3 is 2.53 bits per heavy atom. The molecule has 1 fully saturated rings. The summed E-state index contributed by atoms with van der Waals surface area (Å²) < 4.78 is 44.3. The van der Waals surface area contributed by atoms with Crippen LogP contribution >= 0.6 is 0 Å². The number of hydrogen-bond acceptors (Lipinski definition) is 3. The first-order valence-corrected chi connectivity index (χ1v) is 9.67. The summed E-state index contributed by atoms with van der Waals surface area (Å²) in [7, 11) is 0. The van der Waals surface area contributed by atoms with Gasteiger partial charge in [0.1, 0.15) is 6.61 Å². The van der Waals surface area contributed by atoms with Gasteiger partial charge in [-0.1, -0.05) is 32.0 Å². The zero-order valence-electron chi connectivity index (χ0n) is 16.7. The Labute approximate surface area is 172 Å². The topological polar surface area (TPSA) is 58.6 Å². The monoisotopic (exact) mass is 420 g/mol. The quantitative estimate of drug-likeness (QED) is 0.701. The Bertz CT molecular complexity index is 928. The third kappa shape index (κ3) is 5.11. The minimum Gasteiger partial charge on any atom is -0.447 e. The van der Waals surface area contributed by atoms with Gasteiger partial charge in [0.25, 0.3) is 5.91 Å². The predicted octanol–water partition coefficient (Wildman–Crippen LogP) is 5.18. The number of ether oxygens (including phenoxy) is 1. The molecule has 0 saturated carbocycles. The number of hydrogen-bond donors (Lipinski definition) is 1. The van der Waals surface area contributed by atoms with Crippen LogP contribution in [0.5, 0.6) is 0 Å². The summed E-state index contributed by atoms with van der Waals surface area (Å²) in [6.07, 6.45) is -4.46. The average Bonchev–Trinajstić information content (AvgIpc) is 3.12. The van der Waals surface area contributed by atoms with Crippen molar-refractivity contribution in [3.63, 3.8) is 0 Å². The SMILES string of the molecule is CC(C)CC(NC(=O)c1cccc(N2CCOC2=O)c1)c1cccc(C(F)(F)F)c1. The first-order chi connectivity index (χ1) is 14.1. The highest BCUT2D eigenvalue weighted by atomic mass is 19.4. The number of amides is 2. The molecule has 2 amide bonds. The number of anilines is 1. The Hall–Kier alpha value is -3.03. The molecule has 0 aliphatic carbocycles. The van der Waals surface area contributed by atoms with Crippen LogP contribution < -0.4 is 10.2 Å². The molecule has 1 heterocycles. The van der Waals surface area contributed by atoms with Gasteiger partial charge in [-0.05, 0) is 48.2 Å². The van der Waals surface area contributed by atoms with Gasteiger partial charge in [-0.2, -0.15) is 13.2 Å². The van der Waals surface area contributed by atoms with Crippen LogP contribution in [-0.4, -0.2) is 25.2 Å². The van der Waals surface area contributed by atoms with Crippen molar-refractivity contribution in [1.29, 1.82) is 0 Å². The van der Waals surface area contributed by atoms with Crippen molar-refractivity contribution >= 4 is 17.7 Å². The second-order valence-electron chi connectivity index (χ2n) is 7.60. The summed E-state index contributed by atoms with van der Waals surface area (Å²) in [5.74, 6) is -0.275. The van der Waals surface area contributed by atoms with Crippen LogP contribution in [0, 0.1) is 5.92 Å². The molecule has 0 spiro atoms. The van der Waals surface area contributed by atoms with Gasteiger partial charge in [0.05, 0.1) is 18.2 Å². The Kier molecular flexibility index (Phi) is 6.34. The van der Waals surface area contributed by atoms with Gasteiger partial charge >= 0.3 is 12.3 Å². The first kappa shape index (κ1) is 21.7. The number of cyclic esters (lactones) is 1. The second-order valence-corrected chi connectivity index (χ2v) is 7.60. The number of nitrogens with zero attached hydrogens (tertiary/aromatic N) is 1. The average molecular weight is 420 g/mol. The van der Waals surface area contributed by atoms with E-state index in [0.29, 0.717) is 29.8 Å².